The first kappa shape index (κ1) is 15.5. The molecule has 0 aliphatic rings. The maximum absolute atomic E-state index is 12.4. The summed E-state index contributed by atoms with van der Waals surface area (Å²) in [7, 11) is 0. The Morgan fingerprint density at radius 1 is 1.12 bits per heavy atom. The van der Waals surface area contributed by atoms with Crippen molar-refractivity contribution in [1.82, 2.24) is 19.1 Å². The molecule has 1 amide bonds. The Morgan fingerprint density at radius 3 is 2.64 bits per heavy atom. The lowest BCUT2D eigenvalue weighted by molar-refractivity contribution is 0.102. The predicted molar refractivity (Wildman–Crippen MR) is 97.9 cm³/mol. The molecule has 0 saturated heterocycles. The van der Waals surface area contributed by atoms with Crippen molar-refractivity contribution in [3.8, 4) is 0 Å². The zero-order valence-corrected chi connectivity index (χ0v) is 14.3. The fraction of sp³-hybridized carbons (Fsp3) is 0.111. The van der Waals surface area contributed by atoms with Crippen molar-refractivity contribution >= 4 is 34.4 Å². The number of fused-ring (bicyclic) bond motifs is 1. The molecular weight excluding hydrogens is 334 g/mol. The van der Waals surface area contributed by atoms with E-state index in [9.17, 15) is 4.79 Å². The monoisotopic (exact) mass is 349 g/mol. The van der Waals surface area contributed by atoms with Crippen LogP contribution in [0.25, 0.3) is 11.0 Å². The number of hydrogen-bond acceptors (Lipinski definition) is 5. The number of para-hydroxylation sites is 2. The lowest BCUT2D eigenvalue weighted by atomic mass is 10.1. The number of nitrogens with zero attached hydrogens (tertiary/aromatic N) is 4. The number of carbonyl (C=O) groups excluding carboxylic acids is 1. The van der Waals surface area contributed by atoms with Crippen molar-refractivity contribution in [2.45, 2.75) is 13.0 Å². The first-order chi connectivity index (χ1) is 12.2. The first-order valence-electron chi connectivity index (χ1n) is 7.84. The van der Waals surface area contributed by atoms with Crippen LogP contribution in [0.3, 0.4) is 0 Å². The van der Waals surface area contributed by atoms with Gasteiger partial charge in [0.1, 0.15) is 0 Å². The summed E-state index contributed by atoms with van der Waals surface area (Å²) in [5, 5.41) is 8.30. The molecule has 2 aromatic heterocycles. The van der Waals surface area contributed by atoms with E-state index in [4.69, 9.17) is 0 Å². The van der Waals surface area contributed by atoms with Crippen LogP contribution in [0.5, 0.6) is 0 Å². The maximum atomic E-state index is 12.4. The van der Waals surface area contributed by atoms with Crippen LogP contribution in [0.1, 0.15) is 29.0 Å². The highest BCUT2D eigenvalue weighted by atomic mass is 32.1. The normalized spacial score (nSPS) is 12.2. The smallest absolute Gasteiger partial charge is 0.279 e. The van der Waals surface area contributed by atoms with Gasteiger partial charge in [-0.3, -0.25) is 10.1 Å². The molecule has 124 valence electrons. The second kappa shape index (κ2) is 6.45. The largest absolute Gasteiger partial charge is 0.303 e. The molecule has 0 aliphatic carbocycles. The number of benzene rings is 2. The predicted octanol–water partition coefficient (Wildman–Crippen LogP) is 3.75. The molecule has 1 unspecified atom stereocenters. The molecule has 4 rings (SSSR count). The standard InChI is InChI=1S/C18H15N5OS/c1-12(13-7-3-2-4-8-13)23-16-10-6-5-9-14(16)19-18(23)20-17(24)15-11-25-22-21-15/h2-12H,1H3,(H,19,20,24). The minimum absolute atomic E-state index is 0.0115. The molecule has 0 radical (unpaired) electrons. The van der Waals surface area contributed by atoms with E-state index in [1.165, 1.54) is 0 Å². The van der Waals surface area contributed by atoms with Crippen LogP contribution in [-0.2, 0) is 0 Å². The molecule has 1 N–H and O–H groups in total. The molecule has 6 nitrogen and oxygen atoms in total. The van der Waals surface area contributed by atoms with Gasteiger partial charge >= 0.3 is 0 Å². The van der Waals surface area contributed by atoms with E-state index in [0.29, 0.717) is 5.95 Å². The molecule has 0 aliphatic heterocycles. The average molecular weight is 349 g/mol. The van der Waals surface area contributed by atoms with E-state index in [1.807, 2.05) is 47.0 Å². The third kappa shape index (κ3) is 2.89. The number of aromatic nitrogens is 4. The van der Waals surface area contributed by atoms with Gasteiger partial charge in [-0.15, -0.1) is 5.10 Å². The summed E-state index contributed by atoms with van der Waals surface area (Å²) in [6.07, 6.45) is 0. The molecule has 0 saturated carbocycles. The van der Waals surface area contributed by atoms with Crippen molar-refractivity contribution in [1.29, 1.82) is 0 Å². The summed E-state index contributed by atoms with van der Waals surface area (Å²) in [4.78, 5) is 17.0. The molecule has 0 spiro atoms. The van der Waals surface area contributed by atoms with Crippen LogP contribution in [0.4, 0.5) is 5.95 Å². The average Bonchev–Trinajstić information content (AvgIpc) is 3.29. The van der Waals surface area contributed by atoms with Crippen LogP contribution in [-0.4, -0.2) is 25.0 Å². The number of carbonyl (C=O) groups is 1. The summed E-state index contributed by atoms with van der Waals surface area (Å²) in [6, 6.07) is 18.0. The van der Waals surface area contributed by atoms with E-state index >= 15 is 0 Å². The van der Waals surface area contributed by atoms with E-state index in [1.54, 1.807) is 5.38 Å². The SMILES string of the molecule is CC(c1ccccc1)n1c(NC(=O)c2csnn2)nc2ccccc21. The summed E-state index contributed by atoms with van der Waals surface area (Å²) >= 11 is 1.14. The summed E-state index contributed by atoms with van der Waals surface area (Å²) < 4.78 is 5.77. The van der Waals surface area contributed by atoms with Gasteiger partial charge in [0.05, 0.1) is 17.1 Å². The summed E-state index contributed by atoms with van der Waals surface area (Å²) in [6.45, 7) is 2.09. The zero-order valence-electron chi connectivity index (χ0n) is 13.5. The van der Waals surface area contributed by atoms with Gasteiger partial charge in [-0.25, -0.2) is 4.98 Å². The fourth-order valence-electron chi connectivity index (χ4n) is 2.83. The Kier molecular flexibility index (Phi) is 3.99. The molecule has 0 fully saturated rings. The van der Waals surface area contributed by atoms with Crippen LogP contribution in [0, 0.1) is 0 Å². The Labute approximate surface area is 148 Å². The molecular formula is C18H15N5OS. The number of nitrogens with one attached hydrogen (secondary N) is 1. The molecule has 25 heavy (non-hydrogen) atoms. The molecule has 2 aromatic carbocycles. The zero-order chi connectivity index (χ0) is 17.2. The lowest BCUT2D eigenvalue weighted by Gasteiger charge is -2.18. The fourth-order valence-corrected chi connectivity index (χ4v) is 3.27. The Bertz CT molecular complexity index is 1010. The van der Waals surface area contributed by atoms with Gasteiger partial charge in [0, 0.05) is 5.38 Å². The van der Waals surface area contributed by atoms with Crippen LogP contribution in [0.2, 0.25) is 0 Å². The molecule has 4 aromatic rings. The highest BCUT2D eigenvalue weighted by Crippen LogP contribution is 2.28. The Balaban J connectivity index is 1.80. The van der Waals surface area contributed by atoms with Gasteiger partial charge < -0.3 is 4.57 Å². The maximum Gasteiger partial charge on any atom is 0.279 e. The highest BCUT2D eigenvalue weighted by Gasteiger charge is 2.20. The second-order valence-electron chi connectivity index (χ2n) is 5.63. The van der Waals surface area contributed by atoms with Gasteiger partial charge in [-0.1, -0.05) is 47.0 Å². The molecule has 1 atom stereocenters. The third-order valence-electron chi connectivity index (χ3n) is 4.08. The first-order valence-corrected chi connectivity index (χ1v) is 8.68. The van der Waals surface area contributed by atoms with Gasteiger partial charge in [-0.2, -0.15) is 0 Å². The van der Waals surface area contributed by atoms with Gasteiger partial charge in [-0.05, 0) is 36.2 Å². The van der Waals surface area contributed by atoms with Crippen LogP contribution in [0.15, 0.2) is 60.0 Å². The van der Waals surface area contributed by atoms with E-state index < -0.39 is 0 Å². The third-order valence-corrected chi connectivity index (χ3v) is 4.59. The van der Waals surface area contributed by atoms with E-state index in [0.717, 1.165) is 28.1 Å². The number of amides is 1. The van der Waals surface area contributed by atoms with Crippen molar-refractivity contribution in [3.63, 3.8) is 0 Å². The molecule has 2 heterocycles. The quantitative estimate of drug-likeness (QED) is 0.609. The summed E-state index contributed by atoms with van der Waals surface area (Å²) in [5.74, 6) is 0.182. The van der Waals surface area contributed by atoms with Gasteiger partial charge in [0.15, 0.2) is 5.69 Å². The van der Waals surface area contributed by atoms with Crippen molar-refractivity contribution in [2.24, 2.45) is 0 Å². The van der Waals surface area contributed by atoms with Gasteiger partial charge in [0.2, 0.25) is 5.95 Å². The van der Waals surface area contributed by atoms with E-state index in [2.05, 4.69) is 38.9 Å². The van der Waals surface area contributed by atoms with Crippen LogP contribution >= 0.6 is 11.5 Å². The van der Waals surface area contributed by atoms with Crippen LogP contribution < -0.4 is 5.32 Å². The highest BCUT2D eigenvalue weighted by molar-refractivity contribution is 7.03. The topological polar surface area (TPSA) is 72.7 Å². The number of hydrogen-bond donors (Lipinski definition) is 1. The van der Waals surface area contributed by atoms with Crippen molar-refractivity contribution in [2.75, 3.05) is 5.32 Å². The second-order valence-corrected chi connectivity index (χ2v) is 6.23. The Hall–Kier alpha value is -3.06. The minimum Gasteiger partial charge on any atom is -0.303 e. The number of anilines is 1. The number of rotatable bonds is 4. The number of imidazole rings is 1. The Morgan fingerprint density at radius 2 is 1.88 bits per heavy atom. The molecule has 0 bridgehead atoms. The van der Waals surface area contributed by atoms with Crippen molar-refractivity contribution in [3.05, 3.63) is 71.2 Å². The summed E-state index contributed by atoms with van der Waals surface area (Å²) in [5.41, 5.74) is 3.22. The molecule has 7 heteroatoms. The minimum atomic E-state index is -0.314. The van der Waals surface area contributed by atoms with Gasteiger partial charge in [0.25, 0.3) is 5.91 Å². The van der Waals surface area contributed by atoms with E-state index in [-0.39, 0.29) is 17.6 Å². The lowest BCUT2D eigenvalue weighted by Crippen LogP contribution is -2.18. The van der Waals surface area contributed by atoms with Crippen molar-refractivity contribution < 1.29 is 4.79 Å².